The molecule has 2 nitrogen and oxygen atoms in total. The molecule has 1 aliphatic rings. The Hall–Kier alpha value is -2.61. The number of ether oxygens (including phenoxy) is 1. The molecular weight excluding hydrogens is 320 g/mol. The number of benzene rings is 3. The molecule has 0 spiro atoms. The van der Waals surface area contributed by atoms with Gasteiger partial charge < -0.3 is 4.74 Å². The lowest BCUT2D eigenvalue weighted by atomic mass is 9.79. The normalized spacial score (nSPS) is 23.8. The molecule has 1 aliphatic heterocycles. The van der Waals surface area contributed by atoms with E-state index in [4.69, 9.17) is 4.74 Å². The van der Waals surface area contributed by atoms with Gasteiger partial charge in [-0.3, -0.25) is 4.79 Å². The zero-order valence-corrected chi connectivity index (χ0v) is 15.3. The highest BCUT2D eigenvalue weighted by Gasteiger charge is 2.45. The number of carbonyl (C=O) groups is 1. The third kappa shape index (κ3) is 3.12. The fraction of sp³-hybridized carbons (Fsp3) is 0.292. The zero-order valence-electron chi connectivity index (χ0n) is 15.3. The average molecular weight is 344 g/mol. The van der Waals surface area contributed by atoms with Crippen molar-refractivity contribution in [1.82, 2.24) is 0 Å². The Morgan fingerprint density at radius 2 is 1.62 bits per heavy atom. The monoisotopic (exact) mass is 344 g/mol. The summed E-state index contributed by atoms with van der Waals surface area (Å²) < 4.78 is 5.85. The minimum absolute atomic E-state index is 0.0759. The highest BCUT2D eigenvalue weighted by molar-refractivity contribution is 5.84. The molecule has 1 fully saturated rings. The topological polar surface area (TPSA) is 26.3 Å². The van der Waals surface area contributed by atoms with E-state index >= 15 is 0 Å². The maximum absolute atomic E-state index is 12.4. The Labute approximate surface area is 154 Å². The second-order valence-electron chi connectivity index (χ2n) is 7.49. The van der Waals surface area contributed by atoms with E-state index in [1.54, 1.807) is 0 Å². The van der Waals surface area contributed by atoms with Gasteiger partial charge in [-0.05, 0) is 34.2 Å². The molecule has 1 saturated heterocycles. The van der Waals surface area contributed by atoms with E-state index in [0.29, 0.717) is 0 Å². The van der Waals surface area contributed by atoms with Crippen molar-refractivity contribution in [2.24, 2.45) is 11.8 Å². The van der Waals surface area contributed by atoms with Crippen molar-refractivity contribution in [2.45, 2.75) is 32.3 Å². The summed E-state index contributed by atoms with van der Waals surface area (Å²) in [6.45, 7) is 4.19. The van der Waals surface area contributed by atoms with Crippen molar-refractivity contribution in [2.75, 3.05) is 0 Å². The van der Waals surface area contributed by atoms with Crippen molar-refractivity contribution in [1.29, 1.82) is 0 Å². The molecule has 1 unspecified atom stereocenters. The fourth-order valence-corrected chi connectivity index (χ4v) is 4.21. The Morgan fingerprint density at radius 3 is 2.38 bits per heavy atom. The minimum Gasteiger partial charge on any atom is -0.461 e. The van der Waals surface area contributed by atoms with Gasteiger partial charge in [0, 0.05) is 5.92 Å². The summed E-state index contributed by atoms with van der Waals surface area (Å²) in [4.78, 5) is 12.4. The molecule has 0 N–H and O–H groups in total. The van der Waals surface area contributed by atoms with Crippen LogP contribution in [0.2, 0.25) is 0 Å². The molecule has 0 saturated carbocycles. The van der Waals surface area contributed by atoms with Crippen LogP contribution in [0.25, 0.3) is 10.8 Å². The Morgan fingerprint density at radius 1 is 0.923 bits per heavy atom. The smallest absolute Gasteiger partial charge is 0.309 e. The number of fused-ring (bicyclic) bond motifs is 1. The van der Waals surface area contributed by atoms with Crippen LogP contribution in [0.15, 0.2) is 72.8 Å². The molecule has 1 heterocycles. The SMILES string of the molecule is CC(Cc1ccccc1)[C@@H]1OC(=O)[C@H](C)[C@H]1c1ccc2ccccc2c1. The van der Waals surface area contributed by atoms with E-state index in [-0.39, 0.29) is 29.8 Å². The largest absolute Gasteiger partial charge is 0.461 e. The Bertz CT molecular complexity index is 916. The van der Waals surface area contributed by atoms with Crippen LogP contribution in [-0.2, 0) is 16.0 Å². The van der Waals surface area contributed by atoms with Crippen LogP contribution in [0, 0.1) is 11.8 Å². The van der Waals surface area contributed by atoms with E-state index in [9.17, 15) is 4.79 Å². The zero-order chi connectivity index (χ0) is 18.1. The molecule has 2 heteroatoms. The number of carbonyl (C=O) groups excluding carboxylic acids is 1. The summed E-state index contributed by atoms with van der Waals surface area (Å²) in [5.74, 6) is 0.182. The lowest BCUT2D eigenvalue weighted by Gasteiger charge is -2.26. The highest BCUT2D eigenvalue weighted by atomic mass is 16.6. The van der Waals surface area contributed by atoms with Gasteiger partial charge in [-0.15, -0.1) is 0 Å². The van der Waals surface area contributed by atoms with Crippen LogP contribution in [0.5, 0.6) is 0 Å². The van der Waals surface area contributed by atoms with Gasteiger partial charge in [0.05, 0.1) is 5.92 Å². The van der Waals surface area contributed by atoms with E-state index in [1.165, 1.54) is 21.9 Å². The van der Waals surface area contributed by atoms with E-state index in [2.05, 4.69) is 73.7 Å². The summed E-state index contributed by atoms with van der Waals surface area (Å²) in [6.07, 6.45) is 0.828. The summed E-state index contributed by atoms with van der Waals surface area (Å²) in [7, 11) is 0. The fourth-order valence-electron chi connectivity index (χ4n) is 4.21. The van der Waals surface area contributed by atoms with Gasteiger partial charge in [0.15, 0.2) is 0 Å². The maximum Gasteiger partial charge on any atom is 0.309 e. The third-order valence-corrected chi connectivity index (χ3v) is 5.64. The second-order valence-corrected chi connectivity index (χ2v) is 7.49. The predicted octanol–water partition coefficient (Wildman–Crippen LogP) is 5.36. The standard InChI is InChI=1S/C24H24O2/c1-16(14-18-8-4-3-5-9-18)23-22(17(2)24(25)26-23)21-13-12-19-10-6-7-11-20(19)15-21/h3-13,15-17,22-23H,14H2,1-2H3/t16?,17-,22+,23+/m1/s1. The van der Waals surface area contributed by atoms with Gasteiger partial charge in [-0.1, -0.05) is 86.6 Å². The van der Waals surface area contributed by atoms with Crippen LogP contribution in [0.3, 0.4) is 0 Å². The average Bonchev–Trinajstić information content (AvgIpc) is 2.97. The number of hydrogen-bond donors (Lipinski definition) is 0. The van der Waals surface area contributed by atoms with Gasteiger partial charge in [0.25, 0.3) is 0 Å². The Balaban J connectivity index is 1.65. The van der Waals surface area contributed by atoms with Gasteiger partial charge in [-0.2, -0.15) is 0 Å². The van der Waals surface area contributed by atoms with Gasteiger partial charge in [0.2, 0.25) is 0 Å². The molecule has 0 aliphatic carbocycles. The lowest BCUT2D eigenvalue weighted by Crippen LogP contribution is -2.26. The van der Waals surface area contributed by atoms with Crippen molar-refractivity contribution in [3.63, 3.8) is 0 Å². The van der Waals surface area contributed by atoms with Gasteiger partial charge in [-0.25, -0.2) is 0 Å². The molecule has 0 bridgehead atoms. The van der Waals surface area contributed by atoms with Crippen molar-refractivity contribution in [3.05, 3.63) is 83.9 Å². The van der Waals surface area contributed by atoms with E-state index in [0.717, 1.165) is 6.42 Å². The second kappa shape index (κ2) is 6.95. The first-order chi connectivity index (χ1) is 12.6. The van der Waals surface area contributed by atoms with Gasteiger partial charge >= 0.3 is 5.97 Å². The summed E-state index contributed by atoms with van der Waals surface area (Å²) >= 11 is 0. The first-order valence-electron chi connectivity index (χ1n) is 9.36. The highest BCUT2D eigenvalue weighted by Crippen LogP contribution is 2.41. The minimum atomic E-state index is -0.112. The van der Waals surface area contributed by atoms with Crippen molar-refractivity contribution >= 4 is 16.7 Å². The molecule has 0 amide bonds. The van der Waals surface area contributed by atoms with E-state index in [1.807, 2.05) is 13.0 Å². The van der Waals surface area contributed by atoms with Crippen LogP contribution in [-0.4, -0.2) is 12.1 Å². The van der Waals surface area contributed by atoms with Crippen LogP contribution >= 0.6 is 0 Å². The third-order valence-electron chi connectivity index (χ3n) is 5.64. The molecule has 132 valence electrons. The Kier molecular flexibility index (Phi) is 4.50. The maximum atomic E-state index is 12.4. The number of rotatable bonds is 4. The molecular formula is C24H24O2. The quantitative estimate of drug-likeness (QED) is 0.595. The van der Waals surface area contributed by atoms with Crippen molar-refractivity contribution < 1.29 is 9.53 Å². The molecule has 4 atom stereocenters. The number of esters is 1. The molecule has 3 aromatic rings. The molecule has 4 rings (SSSR count). The van der Waals surface area contributed by atoms with Crippen LogP contribution < -0.4 is 0 Å². The molecule has 3 aromatic carbocycles. The number of hydrogen-bond acceptors (Lipinski definition) is 2. The van der Waals surface area contributed by atoms with Crippen LogP contribution in [0.4, 0.5) is 0 Å². The predicted molar refractivity (Wildman–Crippen MR) is 105 cm³/mol. The first-order valence-corrected chi connectivity index (χ1v) is 9.36. The first kappa shape index (κ1) is 16.8. The lowest BCUT2D eigenvalue weighted by molar-refractivity contribution is -0.145. The number of cyclic esters (lactones) is 1. The molecule has 0 aromatic heterocycles. The molecule has 0 radical (unpaired) electrons. The van der Waals surface area contributed by atoms with Crippen molar-refractivity contribution in [3.8, 4) is 0 Å². The van der Waals surface area contributed by atoms with E-state index < -0.39 is 0 Å². The summed E-state index contributed by atoms with van der Waals surface area (Å²) in [6, 6.07) is 25.3. The summed E-state index contributed by atoms with van der Waals surface area (Å²) in [5.41, 5.74) is 2.49. The summed E-state index contributed by atoms with van der Waals surface area (Å²) in [5, 5.41) is 2.44. The van der Waals surface area contributed by atoms with Gasteiger partial charge in [0.1, 0.15) is 6.10 Å². The van der Waals surface area contributed by atoms with Crippen LogP contribution in [0.1, 0.15) is 30.9 Å². The molecule has 26 heavy (non-hydrogen) atoms.